The Morgan fingerprint density at radius 1 is 1.37 bits per heavy atom. The number of anilines is 1. The van der Waals surface area contributed by atoms with E-state index in [-0.39, 0.29) is 10.5 Å². The van der Waals surface area contributed by atoms with Crippen LogP contribution in [0.1, 0.15) is 18.9 Å². The number of halogens is 4. The average molecular weight is 337 g/mol. The molecule has 0 aliphatic carbocycles. The fraction of sp³-hybridized carbons (Fsp3) is 0.538. The lowest BCUT2D eigenvalue weighted by molar-refractivity contribution is -0.138. The monoisotopic (exact) mass is 336 g/mol. The van der Waals surface area contributed by atoms with Crippen molar-refractivity contribution in [1.29, 1.82) is 0 Å². The minimum atomic E-state index is -4.33. The van der Waals surface area contributed by atoms with E-state index in [0.29, 0.717) is 5.69 Å². The highest BCUT2D eigenvalue weighted by Gasteiger charge is 2.33. The molecule has 1 saturated heterocycles. The van der Waals surface area contributed by atoms with Crippen molar-refractivity contribution in [3.63, 3.8) is 0 Å². The first-order valence-corrected chi connectivity index (χ1v) is 7.02. The van der Waals surface area contributed by atoms with Gasteiger partial charge >= 0.3 is 6.18 Å². The molecule has 1 aliphatic heterocycles. The molecule has 0 radical (unpaired) electrons. The van der Waals surface area contributed by atoms with Crippen LogP contribution in [0, 0.1) is 0 Å². The molecule has 1 unspecified atom stereocenters. The van der Waals surface area contributed by atoms with Gasteiger partial charge < -0.3 is 10.2 Å². The fourth-order valence-corrected chi connectivity index (χ4v) is 2.74. The Morgan fingerprint density at radius 3 is 2.79 bits per heavy atom. The summed E-state index contributed by atoms with van der Waals surface area (Å²) < 4.78 is 38.8. The van der Waals surface area contributed by atoms with Crippen LogP contribution in [0.3, 0.4) is 0 Å². The third kappa shape index (κ3) is 3.63. The molecular formula is C13H16BrF3N2. The number of nitrogens with zero attached hydrogens (tertiary/aromatic N) is 1. The van der Waals surface area contributed by atoms with Gasteiger partial charge in [-0.3, -0.25) is 0 Å². The molecule has 1 N–H and O–H groups in total. The van der Waals surface area contributed by atoms with Gasteiger partial charge in [0.25, 0.3) is 0 Å². The molecule has 1 heterocycles. The van der Waals surface area contributed by atoms with Crippen molar-refractivity contribution in [2.45, 2.75) is 25.6 Å². The molecule has 1 atom stereocenters. The molecule has 6 heteroatoms. The van der Waals surface area contributed by atoms with Crippen molar-refractivity contribution in [3.8, 4) is 0 Å². The van der Waals surface area contributed by atoms with Crippen molar-refractivity contribution in [2.24, 2.45) is 0 Å². The number of hydrogen-bond acceptors (Lipinski definition) is 2. The summed E-state index contributed by atoms with van der Waals surface area (Å²) in [5.41, 5.74) is 0.0148. The maximum Gasteiger partial charge on any atom is 0.417 e. The lowest BCUT2D eigenvalue weighted by Gasteiger charge is -2.26. The highest BCUT2D eigenvalue weighted by Crippen LogP contribution is 2.37. The van der Waals surface area contributed by atoms with Crippen LogP contribution < -0.4 is 10.2 Å². The largest absolute Gasteiger partial charge is 0.417 e. The van der Waals surface area contributed by atoms with Crippen molar-refractivity contribution in [3.05, 3.63) is 28.2 Å². The van der Waals surface area contributed by atoms with E-state index in [1.165, 1.54) is 12.1 Å². The lowest BCUT2D eigenvalue weighted by atomic mass is 10.1. The Kier molecular flexibility index (Phi) is 4.40. The molecule has 1 aromatic carbocycles. The molecule has 19 heavy (non-hydrogen) atoms. The molecule has 0 aromatic heterocycles. The Labute approximate surface area is 119 Å². The molecule has 0 spiro atoms. The summed E-state index contributed by atoms with van der Waals surface area (Å²) in [6.07, 6.45) is -3.40. The third-order valence-corrected chi connectivity index (χ3v) is 3.90. The van der Waals surface area contributed by atoms with Crippen molar-refractivity contribution in [2.75, 3.05) is 24.5 Å². The number of alkyl halides is 3. The second-order valence-corrected chi connectivity index (χ2v) is 5.67. The number of rotatable bonds is 1. The summed E-state index contributed by atoms with van der Waals surface area (Å²) in [7, 11) is 0. The quantitative estimate of drug-likeness (QED) is 0.841. The third-order valence-electron chi connectivity index (χ3n) is 3.21. The van der Waals surface area contributed by atoms with Crippen LogP contribution in [0.2, 0.25) is 0 Å². The van der Waals surface area contributed by atoms with E-state index < -0.39 is 11.7 Å². The van der Waals surface area contributed by atoms with E-state index in [4.69, 9.17) is 0 Å². The second kappa shape index (κ2) is 5.71. The summed E-state index contributed by atoms with van der Waals surface area (Å²) in [4.78, 5) is 2.01. The van der Waals surface area contributed by atoms with Crippen LogP contribution in [-0.4, -0.2) is 25.7 Å². The van der Waals surface area contributed by atoms with Gasteiger partial charge in [0.2, 0.25) is 0 Å². The van der Waals surface area contributed by atoms with Crippen LogP contribution in [-0.2, 0) is 6.18 Å². The van der Waals surface area contributed by atoms with Gasteiger partial charge in [-0.05, 0) is 38.1 Å². The molecule has 2 nitrogen and oxygen atoms in total. The van der Waals surface area contributed by atoms with Crippen LogP contribution in [0.25, 0.3) is 0 Å². The molecule has 1 aliphatic rings. The van der Waals surface area contributed by atoms with Gasteiger partial charge in [0.15, 0.2) is 0 Å². The summed E-state index contributed by atoms with van der Waals surface area (Å²) in [6.45, 7) is 4.44. The Morgan fingerprint density at radius 2 is 2.11 bits per heavy atom. The maximum atomic E-state index is 12.9. The molecule has 2 rings (SSSR count). The standard InChI is InChI=1S/C13H16BrF3N2/c1-9-8-19(6-2-5-18-9)10-3-4-12(14)11(7-10)13(15,16)17/h3-4,7,9,18H,2,5-6,8H2,1H3. The Bertz CT molecular complexity index is 448. The highest BCUT2D eigenvalue weighted by atomic mass is 79.9. The van der Waals surface area contributed by atoms with Gasteiger partial charge in [-0.1, -0.05) is 15.9 Å². The molecule has 1 fully saturated rings. The van der Waals surface area contributed by atoms with Gasteiger partial charge in [0.05, 0.1) is 5.56 Å². The molecule has 0 saturated carbocycles. The van der Waals surface area contributed by atoms with Gasteiger partial charge in [0, 0.05) is 29.3 Å². The smallest absolute Gasteiger partial charge is 0.370 e. The van der Waals surface area contributed by atoms with E-state index in [1.54, 1.807) is 6.07 Å². The Hall–Kier alpha value is -0.750. The van der Waals surface area contributed by atoms with Crippen LogP contribution in [0.5, 0.6) is 0 Å². The van der Waals surface area contributed by atoms with Gasteiger partial charge in [-0.25, -0.2) is 0 Å². The first-order chi connectivity index (χ1) is 8.88. The topological polar surface area (TPSA) is 15.3 Å². The summed E-state index contributed by atoms with van der Waals surface area (Å²) >= 11 is 2.97. The second-order valence-electron chi connectivity index (χ2n) is 4.82. The zero-order valence-electron chi connectivity index (χ0n) is 10.6. The van der Waals surface area contributed by atoms with E-state index in [9.17, 15) is 13.2 Å². The minimum Gasteiger partial charge on any atom is -0.370 e. The number of nitrogens with one attached hydrogen (secondary N) is 1. The zero-order chi connectivity index (χ0) is 14.0. The van der Waals surface area contributed by atoms with Crippen molar-refractivity contribution < 1.29 is 13.2 Å². The van der Waals surface area contributed by atoms with Crippen LogP contribution in [0.4, 0.5) is 18.9 Å². The fourth-order valence-electron chi connectivity index (χ4n) is 2.27. The summed E-state index contributed by atoms with van der Waals surface area (Å²) in [5, 5.41) is 3.33. The molecule has 0 amide bonds. The summed E-state index contributed by atoms with van der Waals surface area (Å²) in [6, 6.07) is 4.71. The predicted octanol–water partition coefficient (Wildman–Crippen LogP) is 3.66. The molecule has 1 aromatic rings. The molecular weight excluding hydrogens is 321 g/mol. The van der Waals surface area contributed by atoms with Crippen LogP contribution in [0.15, 0.2) is 22.7 Å². The maximum absolute atomic E-state index is 12.9. The van der Waals surface area contributed by atoms with E-state index >= 15 is 0 Å². The van der Waals surface area contributed by atoms with E-state index in [0.717, 1.165) is 26.1 Å². The minimum absolute atomic E-state index is 0.0877. The average Bonchev–Trinajstić information content (AvgIpc) is 2.53. The first kappa shape index (κ1) is 14.7. The van der Waals surface area contributed by atoms with Crippen molar-refractivity contribution in [1.82, 2.24) is 5.32 Å². The normalized spacial score (nSPS) is 21.3. The number of hydrogen-bond donors (Lipinski definition) is 1. The zero-order valence-corrected chi connectivity index (χ0v) is 12.2. The predicted molar refractivity (Wildman–Crippen MR) is 73.4 cm³/mol. The first-order valence-electron chi connectivity index (χ1n) is 6.23. The van der Waals surface area contributed by atoms with E-state index in [2.05, 4.69) is 21.2 Å². The van der Waals surface area contributed by atoms with Gasteiger partial charge in [0.1, 0.15) is 0 Å². The SMILES string of the molecule is CC1CN(c2ccc(Br)c(C(F)(F)F)c2)CCCN1. The van der Waals surface area contributed by atoms with Gasteiger partial charge in [-0.2, -0.15) is 13.2 Å². The summed E-state index contributed by atoms with van der Waals surface area (Å²) in [5.74, 6) is 0. The van der Waals surface area contributed by atoms with Crippen LogP contribution >= 0.6 is 15.9 Å². The van der Waals surface area contributed by atoms with Gasteiger partial charge in [-0.15, -0.1) is 0 Å². The van der Waals surface area contributed by atoms with Crippen molar-refractivity contribution >= 4 is 21.6 Å². The molecule has 0 bridgehead atoms. The number of benzene rings is 1. The van der Waals surface area contributed by atoms with E-state index in [1.807, 2.05) is 11.8 Å². The Balaban J connectivity index is 2.29. The highest BCUT2D eigenvalue weighted by molar-refractivity contribution is 9.10. The lowest BCUT2D eigenvalue weighted by Crippen LogP contribution is -2.35. The molecule has 106 valence electrons.